The number of benzene rings is 1. The van der Waals surface area contributed by atoms with Crippen molar-refractivity contribution in [1.29, 1.82) is 0 Å². The lowest BCUT2D eigenvalue weighted by Gasteiger charge is -2.13. The predicted molar refractivity (Wildman–Crippen MR) is 61.2 cm³/mol. The number of nitrogens with zero attached hydrogens (tertiary/aromatic N) is 3. The minimum Gasteiger partial charge on any atom is -0.386 e. The van der Waals surface area contributed by atoms with Gasteiger partial charge in [0.1, 0.15) is 12.7 Å². The Hall–Kier alpha value is -1.39. The summed E-state index contributed by atoms with van der Waals surface area (Å²) in [5.74, 6) is 0. The van der Waals surface area contributed by atoms with E-state index in [1.165, 1.54) is 6.33 Å². The zero-order chi connectivity index (χ0) is 11.5. The molecule has 0 bridgehead atoms. The molecule has 1 aromatic heterocycles. The van der Waals surface area contributed by atoms with Crippen LogP contribution in [0.4, 0.5) is 0 Å². The van der Waals surface area contributed by atoms with Crippen LogP contribution >= 0.6 is 11.6 Å². The maximum atomic E-state index is 10.0. The molecule has 2 rings (SSSR count). The molecule has 1 unspecified atom stereocenters. The highest BCUT2D eigenvalue weighted by Gasteiger charge is 2.11. The molecule has 1 aromatic carbocycles. The highest BCUT2D eigenvalue weighted by Crippen LogP contribution is 2.22. The van der Waals surface area contributed by atoms with Crippen LogP contribution in [0, 0.1) is 6.92 Å². The summed E-state index contributed by atoms with van der Waals surface area (Å²) in [6.45, 7) is 2.31. The number of aryl methyl sites for hydroxylation is 1. The van der Waals surface area contributed by atoms with Crippen molar-refractivity contribution < 1.29 is 5.11 Å². The molecule has 0 aliphatic carbocycles. The van der Waals surface area contributed by atoms with Crippen LogP contribution in [-0.4, -0.2) is 19.9 Å². The van der Waals surface area contributed by atoms with Crippen molar-refractivity contribution in [1.82, 2.24) is 14.8 Å². The SMILES string of the molecule is Cc1cc(Cl)ccc1C(O)Cn1cncn1. The summed E-state index contributed by atoms with van der Waals surface area (Å²) in [5.41, 5.74) is 1.83. The highest BCUT2D eigenvalue weighted by molar-refractivity contribution is 6.30. The summed E-state index contributed by atoms with van der Waals surface area (Å²) >= 11 is 5.86. The second kappa shape index (κ2) is 4.63. The Bertz CT molecular complexity index is 470. The lowest BCUT2D eigenvalue weighted by molar-refractivity contribution is 0.150. The van der Waals surface area contributed by atoms with E-state index in [-0.39, 0.29) is 0 Å². The number of rotatable bonds is 3. The highest BCUT2D eigenvalue weighted by atomic mass is 35.5. The molecule has 1 N–H and O–H groups in total. The first-order valence-corrected chi connectivity index (χ1v) is 5.31. The Labute approximate surface area is 98.5 Å². The van der Waals surface area contributed by atoms with Crippen molar-refractivity contribution in [3.05, 3.63) is 47.0 Å². The molecule has 0 aliphatic rings. The molecule has 1 heterocycles. The van der Waals surface area contributed by atoms with Gasteiger partial charge in [0.2, 0.25) is 0 Å². The van der Waals surface area contributed by atoms with Gasteiger partial charge in [0, 0.05) is 5.02 Å². The molecule has 2 aromatic rings. The molecule has 16 heavy (non-hydrogen) atoms. The summed E-state index contributed by atoms with van der Waals surface area (Å²) in [4.78, 5) is 3.83. The molecule has 1 atom stereocenters. The van der Waals surface area contributed by atoms with Gasteiger partial charge in [0.05, 0.1) is 12.6 Å². The minimum atomic E-state index is -0.598. The van der Waals surface area contributed by atoms with Crippen LogP contribution in [0.1, 0.15) is 17.2 Å². The molecule has 84 valence electrons. The number of hydrogen-bond acceptors (Lipinski definition) is 3. The smallest absolute Gasteiger partial charge is 0.137 e. The van der Waals surface area contributed by atoms with Crippen LogP contribution in [0.25, 0.3) is 0 Å². The van der Waals surface area contributed by atoms with E-state index >= 15 is 0 Å². The van der Waals surface area contributed by atoms with E-state index in [1.54, 1.807) is 17.1 Å². The normalized spacial score (nSPS) is 12.7. The molecule has 0 radical (unpaired) electrons. The van der Waals surface area contributed by atoms with Gasteiger partial charge in [-0.2, -0.15) is 5.10 Å². The molecule has 4 nitrogen and oxygen atoms in total. The molecule has 5 heteroatoms. The fraction of sp³-hybridized carbons (Fsp3) is 0.273. The fourth-order valence-corrected chi connectivity index (χ4v) is 1.84. The van der Waals surface area contributed by atoms with E-state index in [4.69, 9.17) is 11.6 Å². The maximum absolute atomic E-state index is 10.0. The molecule has 0 saturated heterocycles. The number of aromatic nitrogens is 3. The molecule has 0 spiro atoms. The summed E-state index contributed by atoms with van der Waals surface area (Å²) < 4.78 is 1.60. The van der Waals surface area contributed by atoms with Gasteiger partial charge in [-0.05, 0) is 30.2 Å². The molecular weight excluding hydrogens is 226 g/mol. The summed E-state index contributed by atoms with van der Waals surface area (Å²) in [7, 11) is 0. The van der Waals surface area contributed by atoms with E-state index in [2.05, 4.69) is 10.1 Å². The maximum Gasteiger partial charge on any atom is 0.137 e. The number of aliphatic hydroxyl groups is 1. The van der Waals surface area contributed by atoms with Crippen molar-refractivity contribution in [2.45, 2.75) is 19.6 Å². The van der Waals surface area contributed by atoms with E-state index in [0.717, 1.165) is 11.1 Å². The molecule has 0 fully saturated rings. The quantitative estimate of drug-likeness (QED) is 0.888. The van der Waals surface area contributed by atoms with Crippen molar-refractivity contribution in [2.75, 3.05) is 0 Å². The lowest BCUT2D eigenvalue weighted by Crippen LogP contribution is -2.10. The monoisotopic (exact) mass is 237 g/mol. The predicted octanol–water partition coefficient (Wildman–Crippen LogP) is 1.97. The second-order valence-corrected chi connectivity index (χ2v) is 4.07. The zero-order valence-electron chi connectivity index (χ0n) is 8.84. The van der Waals surface area contributed by atoms with Gasteiger partial charge in [0.15, 0.2) is 0 Å². The van der Waals surface area contributed by atoms with Gasteiger partial charge >= 0.3 is 0 Å². The van der Waals surface area contributed by atoms with E-state index in [1.807, 2.05) is 19.1 Å². The van der Waals surface area contributed by atoms with Crippen LogP contribution in [0.2, 0.25) is 5.02 Å². The third-order valence-electron chi connectivity index (χ3n) is 2.42. The molecule has 0 aliphatic heterocycles. The van der Waals surface area contributed by atoms with Gasteiger partial charge in [-0.25, -0.2) is 4.98 Å². The van der Waals surface area contributed by atoms with Crippen LogP contribution in [-0.2, 0) is 6.54 Å². The summed E-state index contributed by atoms with van der Waals surface area (Å²) in [6.07, 6.45) is 2.43. The van der Waals surface area contributed by atoms with Crippen LogP contribution in [0.3, 0.4) is 0 Å². The van der Waals surface area contributed by atoms with Crippen LogP contribution in [0.15, 0.2) is 30.9 Å². The summed E-state index contributed by atoms with van der Waals surface area (Å²) in [5, 5.41) is 14.7. The summed E-state index contributed by atoms with van der Waals surface area (Å²) in [6, 6.07) is 5.44. The fourth-order valence-electron chi connectivity index (χ4n) is 1.62. The van der Waals surface area contributed by atoms with E-state index in [0.29, 0.717) is 11.6 Å². The Morgan fingerprint density at radius 1 is 1.50 bits per heavy atom. The van der Waals surface area contributed by atoms with Crippen molar-refractivity contribution in [3.8, 4) is 0 Å². The first kappa shape index (κ1) is 11.1. The van der Waals surface area contributed by atoms with Gasteiger partial charge in [-0.3, -0.25) is 4.68 Å². The second-order valence-electron chi connectivity index (χ2n) is 3.63. The molecular formula is C11H12ClN3O. The Kier molecular flexibility index (Phi) is 3.22. The van der Waals surface area contributed by atoms with Gasteiger partial charge in [0.25, 0.3) is 0 Å². The third-order valence-corrected chi connectivity index (χ3v) is 2.65. The Morgan fingerprint density at radius 2 is 2.31 bits per heavy atom. The Balaban J connectivity index is 2.17. The van der Waals surface area contributed by atoms with Gasteiger partial charge in [-0.15, -0.1) is 0 Å². The average Bonchev–Trinajstić information content (AvgIpc) is 2.70. The van der Waals surface area contributed by atoms with Crippen molar-refractivity contribution >= 4 is 11.6 Å². The zero-order valence-corrected chi connectivity index (χ0v) is 9.59. The van der Waals surface area contributed by atoms with Crippen LogP contribution in [0.5, 0.6) is 0 Å². The standard InChI is InChI=1S/C11H12ClN3O/c1-8-4-9(12)2-3-10(8)11(16)5-15-7-13-6-14-15/h2-4,6-7,11,16H,5H2,1H3. The topological polar surface area (TPSA) is 50.9 Å². The van der Waals surface area contributed by atoms with E-state index < -0.39 is 6.10 Å². The Morgan fingerprint density at radius 3 is 2.94 bits per heavy atom. The number of hydrogen-bond donors (Lipinski definition) is 1. The molecule has 0 amide bonds. The average molecular weight is 238 g/mol. The largest absolute Gasteiger partial charge is 0.386 e. The van der Waals surface area contributed by atoms with Gasteiger partial charge in [-0.1, -0.05) is 17.7 Å². The first-order valence-electron chi connectivity index (χ1n) is 4.93. The van der Waals surface area contributed by atoms with E-state index in [9.17, 15) is 5.11 Å². The van der Waals surface area contributed by atoms with Crippen LogP contribution < -0.4 is 0 Å². The van der Waals surface area contributed by atoms with Crippen molar-refractivity contribution in [2.24, 2.45) is 0 Å². The lowest BCUT2D eigenvalue weighted by atomic mass is 10.0. The molecule has 0 saturated carbocycles. The van der Waals surface area contributed by atoms with Crippen molar-refractivity contribution in [3.63, 3.8) is 0 Å². The third kappa shape index (κ3) is 2.40. The minimum absolute atomic E-state index is 0.391. The number of aliphatic hydroxyl groups excluding tert-OH is 1. The first-order chi connectivity index (χ1) is 7.66. The number of halogens is 1. The van der Waals surface area contributed by atoms with Gasteiger partial charge < -0.3 is 5.11 Å².